The Morgan fingerprint density at radius 1 is 1.44 bits per heavy atom. The molecule has 0 radical (unpaired) electrons. The highest BCUT2D eigenvalue weighted by Crippen LogP contribution is 2.32. The lowest BCUT2D eigenvalue weighted by molar-refractivity contribution is 0.0294. The third-order valence-electron chi connectivity index (χ3n) is 5.43. The Bertz CT molecular complexity index is 583. The van der Waals surface area contributed by atoms with Crippen molar-refractivity contribution >= 4 is 5.91 Å². The van der Waals surface area contributed by atoms with Gasteiger partial charge in [-0.1, -0.05) is 18.0 Å². The Kier molecular flexibility index (Phi) is 5.76. The molecule has 25 heavy (non-hydrogen) atoms. The molecule has 1 amide bonds. The highest BCUT2D eigenvalue weighted by Gasteiger charge is 2.31. The number of carbonyl (C=O) groups excluding carboxylic acids is 1. The van der Waals surface area contributed by atoms with Gasteiger partial charge >= 0.3 is 0 Å². The van der Waals surface area contributed by atoms with Gasteiger partial charge in [-0.25, -0.2) is 0 Å². The second-order valence-corrected chi connectivity index (χ2v) is 7.62. The Morgan fingerprint density at radius 3 is 2.92 bits per heavy atom. The van der Waals surface area contributed by atoms with Gasteiger partial charge in [-0.3, -0.25) is 9.69 Å². The van der Waals surface area contributed by atoms with E-state index in [2.05, 4.69) is 10.1 Å². The van der Waals surface area contributed by atoms with Crippen molar-refractivity contribution in [1.29, 1.82) is 0 Å². The number of likely N-dealkylation sites (tertiary alicyclic amines) is 1. The lowest BCUT2D eigenvalue weighted by Gasteiger charge is -2.28. The fraction of sp³-hybridized carbons (Fsp3) is 0.778. The summed E-state index contributed by atoms with van der Waals surface area (Å²) >= 11 is 0. The summed E-state index contributed by atoms with van der Waals surface area (Å²) in [6.45, 7) is 2.61. The summed E-state index contributed by atoms with van der Waals surface area (Å²) in [5.41, 5.74) is -0.313. The van der Waals surface area contributed by atoms with E-state index in [1.807, 2.05) is 0 Å². The van der Waals surface area contributed by atoms with E-state index in [0.29, 0.717) is 37.5 Å². The molecule has 1 aromatic heterocycles. The van der Waals surface area contributed by atoms with Gasteiger partial charge in [0.15, 0.2) is 11.5 Å². The largest absolute Gasteiger partial charge is 0.392 e. The Labute approximate surface area is 148 Å². The zero-order valence-corrected chi connectivity index (χ0v) is 15.0. The fourth-order valence-corrected chi connectivity index (χ4v) is 3.84. The topological polar surface area (TPSA) is 90.0 Å². The molecule has 0 aromatic carbocycles. The second-order valence-electron chi connectivity index (χ2n) is 7.62. The van der Waals surface area contributed by atoms with Crippen molar-refractivity contribution in [2.45, 2.75) is 63.2 Å². The van der Waals surface area contributed by atoms with E-state index in [0.717, 1.165) is 45.1 Å². The molecule has 1 aromatic rings. The molecule has 2 aliphatic rings. The number of rotatable bonds is 6. The number of aliphatic hydroxyl groups is 2. The van der Waals surface area contributed by atoms with Crippen molar-refractivity contribution in [3.05, 3.63) is 17.5 Å². The van der Waals surface area contributed by atoms with Crippen LogP contribution in [-0.4, -0.2) is 69.5 Å². The van der Waals surface area contributed by atoms with Crippen LogP contribution < -0.4 is 0 Å². The van der Waals surface area contributed by atoms with Crippen LogP contribution in [0.2, 0.25) is 0 Å². The van der Waals surface area contributed by atoms with E-state index < -0.39 is 5.60 Å². The quantitative estimate of drug-likeness (QED) is 0.805. The van der Waals surface area contributed by atoms with Crippen LogP contribution in [0.4, 0.5) is 0 Å². The van der Waals surface area contributed by atoms with Gasteiger partial charge in [0.2, 0.25) is 0 Å². The van der Waals surface area contributed by atoms with Gasteiger partial charge in [0.25, 0.3) is 5.91 Å². The smallest absolute Gasteiger partial charge is 0.275 e. The van der Waals surface area contributed by atoms with Crippen LogP contribution in [0.15, 0.2) is 10.6 Å². The Morgan fingerprint density at radius 2 is 2.20 bits per heavy atom. The maximum Gasteiger partial charge on any atom is 0.275 e. The minimum Gasteiger partial charge on any atom is -0.392 e. The number of β-amino-alcohol motifs (C(OH)–C–C–N with tert-alkyl or cyclic N) is 1. The van der Waals surface area contributed by atoms with E-state index in [4.69, 9.17) is 4.52 Å². The molecule has 1 aliphatic heterocycles. The fourth-order valence-electron chi connectivity index (χ4n) is 3.84. The maximum absolute atomic E-state index is 12.5. The number of carbonyl (C=O) groups is 1. The van der Waals surface area contributed by atoms with Crippen LogP contribution in [0.5, 0.6) is 0 Å². The Hall–Kier alpha value is -1.44. The molecule has 140 valence electrons. The van der Waals surface area contributed by atoms with E-state index in [9.17, 15) is 15.0 Å². The molecule has 7 nitrogen and oxygen atoms in total. The predicted molar refractivity (Wildman–Crippen MR) is 92.0 cm³/mol. The van der Waals surface area contributed by atoms with Gasteiger partial charge in [-0.2, -0.15) is 0 Å². The SMILES string of the molecule is CN(CCC1(O)CCCC1)C(=O)c1cc(CN2CCC[C@@H](O)C2)on1. The van der Waals surface area contributed by atoms with Crippen LogP contribution in [0, 0.1) is 0 Å². The molecular weight excluding hydrogens is 322 g/mol. The molecule has 3 rings (SSSR count). The summed E-state index contributed by atoms with van der Waals surface area (Å²) in [4.78, 5) is 16.2. The molecule has 0 bridgehead atoms. The van der Waals surface area contributed by atoms with Gasteiger partial charge in [0.05, 0.1) is 18.2 Å². The zero-order valence-electron chi connectivity index (χ0n) is 15.0. The summed E-state index contributed by atoms with van der Waals surface area (Å²) in [7, 11) is 1.73. The first kappa shape index (κ1) is 18.4. The average molecular weight is 351 g/mol. The summed E-state index contributed by atoms with van der Waals surface area (Å²) in [5, 5.41) is 24.0. The van der Waals surface area contributed by atoms with Gasteiger partial charge in [-0.05, 0) is 38.6 Å². The molecule has 2 N–H and O–H groups in total. The van der Waals surface area contributed by atoms with Crippen molar-refractivity contribution in [3.63, 3.8) is 0 Å². The van der Waals surface area contributed by atoms with E-state index in [-0.39, 0.29) is 12.0 Å². The third-order valence-corrected chi connectivity index (χ3v) is 5.43. The molecular formula is C18H29N3O4. The van der Waals surface area contributed by atoms with Crippen molar-refractivity contribution in [2.75, 3.05) is 26.7 Å². The van der Waals surface area contributed by atoms with Gasteiger partial charge < -0.3 is 19.6 Å². The van der Waals surface area contributed by atoms with Gasteiger partial charge in [0, 0.05) is 26.2 Å². The van der Waals surface area contributed by atoms with Crippen molar-refractivity contribution in [2.24, 2.45) is 0 Å². The van der Waals surface area contributed by atoms with Crippen LogP contribution in [0.25, 0.3) is 0 Å². The van der Waals surface area contributed by atoms with Gasteiger partial charge in [-0.15, -0.1) is 0 Å². The van der Waals surface area contributed by atoms with Gasteiger partial charge in [0.1, 0.15) is 0 Å². The third kappa shape index (κ3) is 4.80. The normalized spacial score (nSPS) is 23.7. The van der Waals surface area contributed by atoms with Crippen LogP contribution in [0.3, 0.4) is 0 Å². The average Bonchev–Trinajstić information content (AvgIpc) is 3.22. The van der Waals surface area contributed by atoms with Crippen LogP contribution >= 0.6 is 0 Å². The highest BCUT2D eigenvalue weighted by atomic mass is 16.5. The molecule has 0 spiro atoms. The van der Waals surface area contributed by atoms with E-state index in [1.54, 1.807) is 18.0 Å². The second kappa shape index (κ2) is 7.85. The van der Waals surface area contributed by atoms with Crippen LogP contribution in [0.1, 0.15) is 61.2 Å². The minimum absolute atomic E-state index is 0.185. The lowest BCUT2D eigenvalue weighted by atomic mass is 9.98. The zero-order chi connectivity index (χ0) is 17.9. The highest BCUT2D eigenvalue weighted by molar-refractivity contribution is 5.92. The first-order valence-corrected chi connectivity index (χ1v) is 9.29. The molecule has 1 saturated heterocycles. The molecule has 7 heteroatoms. The predicted octanol–water partition coefficient (Wildman–Crippen LogP) is 1.40. The lowest BCUT2D eigenvalue weighted by Crippen LogP contribution is -2.37. The first-order valence-electron chi connectivity index (χ1n) is 9.29. The van der Waals surface area contributed by atoms with Crippen molar-refractivity contribution in [3.8, 4) is 0 Å². The molecule has 2 heterocycles. The standard InChI is InChI=1S/C18H29N3O4/c1-20(10-8-18(24)6-2-3-7-18)17(23)16-11-15(25-19-16)13-21-9-4-5-14(22)12-21/h11,14,22,24H,2-10,12-13H2,1H3/t14-/m1/s1. The van der Waals surface area contributed by atoms with E-state index in [1.165, 1.54) is 0 Å². The van der Waals surface area contributed by atoms with Crippen LogP contribution in [-0.2, 0) is 6.54 Å². The number of amides is 1. The summed E-state index contributed by atoms with van der Waals surface area (Å²) in [5.74, 6) is 0.454. The monoisotopic (exact) mass is 351 g/mol. The summed E-state index contributed by atoms with van der Waals surface area (Å²) in [6, 6.07) is 1.68. The number of hydrogen-bond donors (Lipinski definition) is 2. The number of hydrogen-bond acceptors (Lipinski definition) is 6. The maximum atomic E-state index is 12.5. The molecule has 1 atom stereocenters. The van der Waals surface area contributed by atoms with Crippen molar-refractivity contribution in [1.82, 2.24) is 15.0 Å². The molecule has 1 aliphatic carbocycles. The number of nitrogens with zero attached hydrogens (tertiary/aromatic N) is 3. The Balaban J connectivity index is 1.51. The molecule has 0 unspecified atom stereocenters. The molecule has 1 saturated carbocycles. The number of piperidine rings is 1. The minimum atomic E-state index is -0.612. The van der Waals surface area contributed by atoms with E-state index >= 15 is 0 Å². The number of aromatic nitrogens is 1. The first-order chi connectivity index (χ1) is 12.0. The molecule has 2 fully saturated rings. The summed E-state index contributed by atoms with van der Waals surface area (Å²) < 4.78 is 5.30. The number of aliphatic hydroxyl groups excluding tert-OH is 1. The van der Waals surface area contributed by atoms with Crippen molar-refractivity contribution < 1.29 is 19.5 Å². The summed E-state index contributed by atoms with van der Waals surface area (Å²) in [6.07, 6.45) is 5.89.